The van der Waals surface area contributed by atoms with Crippen molar-refractivity contribution in [1.29, 1.82) is 0 Å². The average molecular weight is 1070 g/mol. The standard InChI is InChI=1S/C46H77NO17.C4H6O6/c1-13-33-30(22-58-45-42(57-12)41(56-11)37(52)26(5)60-45)18-23(2)14-15-31(49)24(3)19-29(16-17-48)39(25(4)32(50)20-34(51)62-33)64-44-38(53)36(47(9)10)40(27(6)61-44)63-35-21-46(8,55)43(54)28(7)59-35;5-1(3(7)8)2(6)4(9)10/h14-15,17-18,24-30,32-33,35-45,50,52-55H,13,16,19-22H2,1-12H3;1-2,5-6H,(H,7,8)(H,9,10)/b15-14+,23-18+;/t24-,25+,26-,27?,28+,29-,30-,32-,33-,35+,36?,37-,38-,39-,40-,41?,42+,43+,44?,45-,46?;1-,2-/m11/s1. The Bertz CT molecular complexity index is 1850. The number of carbonyl (C=O) groups is 5. The molecule has 0 aromatic rings. The number of carboxylic acid groups (broad SMARTS) is 2. The van der Waals surface area contributed by atoms with Gasteiger partial charge in [-0.05, 0) is 73.5 Å². The summed E-state index contributed by atoms with van der Waals surface area (Å²) in [6, 6.07) is -0.748. The molecule has 0 radical (unpaired) electrons. The Balaban J connectivity index is 0.00000130. The van der Waals surface area contributed by atoms with Gasteiger partial charge in [-0.15, -0.1) is 0 Å². The van der Waals surface area contributed by atoms with Crippen molar-refractivity contribution in [2.24, 2.45) is 23.7 Å². The number of nitrogens with zero attached hydrogens (tertiary/aromatic N) is 1. The van der Waals surface area contributed by atoms with Crippen molar-refractivity contribution in [3.05, 3.63) is 23.8 Å². The van der Waals surface area contributed by atoms with Crippen LogP contribution in [0.2, 0.25) is 0 Å². The fourth-order valence-corrected chi connectivity index (χ4v) is 9.78. The summed E-state index contributed by atoms with van der Waals surface area (Å²) in [5.74, 6) is -7.13. The van der Waals surface area contributed by atoms with Crippen molar-refractivity contribution >= 4 is 30.0 Å². The monoisotopic (exact) mass is 1070 g/mol. The number of aliphatic hydroxyl groups excluding tert-OH is 6. The smallest absolute Gasteiger partial charge is 0.335 e. The second kappa shape index (κ2) is 29.4. The molecule has 0 amide bonds. The van der Waals surface area contributed by atoms with Crippen LogP contribution >= 0.6 is 0 Å². The maximum Gasteiger partial charge on any atom is 0.335 e. The van der Waals surface area contributed by atoms with Gasteiger partial charge in [0.2, 0.25) is 0 Å². The fourth-order valence-electron chi connectivity index (χ4n) is 9.78. The Morgan fingerprint density at radius 1 is 0.838 bits per heavy atom. The van der Waals surface area contributed by atoms with Crippen LogP contribution in [0.25, 0.3) is 0 Å². The summed E-state index contributed by atoms with van der Waals surface area (Å²) in [6.45, 7) is 13.6. The minimum atomic E-state index is -2.27. The summed E-state index contributed by atoms with van der Waals surface area (Å²) in [7, 11) is 6.43. The zero-order valence-corrected chi connectivity index (χ0v) is 44.4. The molecule has 0 spiro atoms. The topological polar surface area (TPSA) is 354 Å². The first-order valence-electron chi connectivity index (χ1n) is 25.0. The van der Waals surface area contributed by atoms with Gasteiger partial charge in [-0.2, -0.15) is 0 Å². The summed E-state index contributed by atoms with van der Waals surface area (Å²) in [4.78, 5) is 61.1. The summed E-state index contributed by atoms with van der Waals surface area (Å²) >= 11 is 0. The van der Waals surface area contributed by atoms with Gasteiger partial charge in [0.15, 0.2) is 36.9 Å². The third-order valence-corrected chi connectivity index (χ3v) is 14.2. The third kappa shape index (κ3) is 17.3. The minimum Gasteiger partial charge on any atom is -0.479 e. The molecule has 0 aromatic carbocycles. The molecule has 0 aliphatic carbocycles. The van der Waals surface area contributed by atoms with Gasteiger partial charge in [-0.25, -0.2) is 9.59 Å². The van der Waals surface area contributed by atoms with Crippen molar-refractivity contribution in [3.63, 3.8) is 0 Å². The van der Waals surface area contributed by atoms with E-state index in [4.69, 9.17) is 63.1 Å². The summed E-state index contributed by atoms with van der Waals surface area (Å²) in [6.07, 6.45) is -13.0. The predicted molar refractivity (Wildman–Crippen MR) is 258 cm³/mol. The average Bonchev–Trinajstić information content (AvgIpc) is 3.33. The fraction of sp³-hybridized carbons (Fsp3) is 0.820. The number of methoxy groups -OCH3 is 2. The van der Waals surface area contributed by atoms with Crippen LogP contribution in [0.5, 0.6) is 0 Å². The number of aliphatic carboxylic acids is 2. The molecular formula is C50H83NO23. The maximum atomic E-state index is 13.8. The number of esters is 1. The number of rotatable bonds is 16. The third-order valence-electron chi connectivity index (χ3n) is 14.2. The number of aldehydes is 1. The molecule has 3 fully saturated rings. The SMILES string of the molecule is CC[C@H]1OC(=O)C[C@@H](O)[C@H](C)[C@@H](OC2OC(C)[C@@H](O[C@H]3CC(C)(O)[C@@H](O)[C@H](C)O3)C(N(C)C)[C@H]2O)[C@H](CC=O)C[C@@H](C)C(=O)/C=C/C(C)=C/[C@@H]1CO[C@@H]1O[C@H](C)[C@@H](O)C(OC)[C@@H]1OC.O=C(O)[C@H](O)[C@@H](O)C(=O)O. The predicted octanol–water partition coefficient (Wildman–Crippen LogP) is -0.289. The molecular weight excluding hydrogens is 983 g/mol. The normalized spacial score (nSPS) is 41.9. The quantitative estimate of drug-likeness (QED) is 0.0708. The van der Waals surface area contributed by atoms with E-state index in [0.717, 1.165) is 6.29 Å². The van der Waals surface area contributed by atoms with Crippen molar-refractivity contribution in [2.45, 2.75) is 203 Å². The Labute approximate surface area is 432 Å². The first-order chi connectivity index (χ1) is 34.5. The van der Waals surface area contributed by atoms with Crippen LogP contribution in [-0.4, -0.2) is 232 Å². The van der Waals surface area contributed by atoms with Gasteiger partial charge in [0.05, 0.1) is 55.2 Å². The molecule has 4 heterocycles. The van der Waals surface area contributed by atoms with Gasteiger partial charge in [0.1, 0.15) is 49.0 Å². The number of ketones is 1. The molecule has 24 heteroatoms. The van der Waals surface area contributed by atoms with Gasteiger partial charge in [0.25, 0.3) is 0 Å². The van der Waals surface area contributed by atoms with E-state index in [0.29, 0.717) is 12.0 Å². The summed E-state index contributed by atoms with van der Waals surface area (Å²) < 4.78 is 54.7. The van der Waals surface area contributed by atoms with Gasteiger partial charge in [0, 0.05) is 44.8 Å². The van der Waals surface area contributed by atoms with Crippen molar-refractivity contribution in [2.75, 3.05) is 34.9 Å². The second-order valence-electron chi connectivity index (χ2n) is 20.3. The number of likely N-dealkylation sites (N-methyl/N-ethyl adjacent to an activating group) is 1. The largest absolute Gasteiger partial charge is 0.479 e. The van der Waals surface area contributed by atoms with E-state index in [1.807, 2.05) is 19.9 Å². The molecule has 4 aliphatic rings. The van der Waals surface area contributed by atoms with Crippen LogP contribution in [0.1, 0.15) is 87.5 Å². The Morgan fingerprint density at radius 3 is 1.96 bits per heavy atom. The maximum absolute atomic E-state index is 13.8. The number of allylic oxidation sites excluding steroid dienone is 3. The first-order valence-corrected chi connectivity index (χ1v) is 25.0. The number of aliphatic hydroxyl groups is 7. The molecule has 24 nitrogen and oxygen atoms in total. The van der Waals surface area contributed by atoms with Gasteiger partial charge < -0.3 is 98.3 Å². The molecule has 4 aliphatic heterocycles. The molecule has 74 heavy (non-hydrogen) atoms. The van der Waals surface area contributed by atoms with Gasteiger partial charge in [-0.1, -0.05) is 38.5 Å². The molecule has 9 N–H and O–H groups in total. The van der Waals surface area contributed by atoms with Crippen molar-refractivity contribution in [3.8, 4) is 0 Å². The summed E-state index contributed by atoms with van der Waals surface area (Å²) in [5.41, 5.74) is -0.806. The lowest BCUT2D eigenvalue weighted by atomic mass is 9.79. The lowest BCUT2D eigenvalue weighted by Crippen LogP contribution is -2.65. The van der Waals surface area contributed by atoms with Crippen LogP contribution in [-0.2, 0) is 66.6 Å². The van der Waals surface area contributed by atoms with Crippen LogP contribution in [0.15, 0.2) is 23.8 Å². The lowest BCUT2D eigenvalue weighted by molar-refractivity contribution is -0.341. The van der Waals surface area contributed by atoms with Crippen LogP contribution in [0.3, 0.4) is 0 Å². The number of ether oxygens (including phenoxy) is 9. The number of hydrogen-bond acceptors (Lipinski definition) is 22. The van der Waals surface area contributed by atoms with Crippen LogP contribution < -0.4 is 0 Å². The molecule has 3 saturated heterocycles. The zero-order valence-electron chi connectivity index (χ0n) is 44.4. The second-order valence-corrected chi connectivity index (χ2v) is 20.3. The number of cyclic esters (lactones) is 1. The minimum absolute atomic E-state index is 0.00788. The van der Waals surface area contributed by atoms with E-state index >= 15 is 0 Å². The molecule has 426 valence electrons. The zero-order chi connectivity index (χ0) is 56.1. The Hall–Kier alpha value is -3.41. The Kier molecular flexibility index (Phi) is 25.7. The van der Waals surface area contributed by atoms with Crippen molar-refractivity contribution < 1.29 is 113 Å². The lowest BCUT2D eigenvalue weighted by Gasteiger charge is -2.50. The van der Waals surface area contributed by atoms with Crippen LogP contribution in [0, 0.1) is 23.7 Å². The molecule has 5 unspecified atom stereocenters. The van der Waals surface area contributed by atoms with E-state index < -0.39 is 164 Å². The molecule has 0 saturated carbocycles. The highest BCUT2D eigenvalue weighted by molar-refractivity contribution is 5.91. The van der Waals surface area contributed by atoms with Crippen molar-refractivity contribution in [1.82, 2.24) is 4.90 Å². The first kappa shape index (κ1) is 64.9. The van der Waals surface area contributed by atoms with Gasteiger partial charge >= 0.3 is 17.9 Å². The van der Waals surface area contributed by atoms with E-state index in [2.05, 4.69) is 0 Å². The highest BCUT2D eigenvalue weighted by atomic mass is 16.7. The molecule has 0 bridgehead atoms. The van der Waals surface area contributed by atoms with Crippen LogP contribution in [0.4, 0.5) is 0 Å². The Morgan fingerprint density at radius 2 is 1.43 bits per heavy atom. The van der Waals surface area contributed by atoms with Gasteiger partial charge in [-0.3, -0.25) is 9.59 Å². The molecule has 4 rings (SSSR count). The van der Waals surface area contributed by atoms with E-state index in [9.17, 15) is 49.5 Å². The van der Waals surface area contributed by atoms with E-state index in [-0.39, 0.29) is 31.7 Å². The number of carboxylic acids is 2. The number of carbonyl (C=O) groups excluding carboxylic acids is 3. The summed E-state index contributed by atoms with van der Waals surface area (Å²) in [5, 5.41) is 88.3. The van der Waals surface area contributed by atoms with E-state index in [1.54, 1.807) is 59.7 Å². The molecule has 0 aromatic heterocycles. The highest BCUT2D eigenvalue weighted by Gasteiger charge is 2.52. The highest BCUT2D eigenvalue weighted by Crippen LogP contribution is 2.37. The molecule has 23 atom stereocenters. The number of hydrogen-bond donors (Lipinski definition) is 9. The van der Waals surface area contributed by atoms with E-state index in [1.165, 1.54) is 27.2 Å².